The average molecular weight is 847 g/mol. The average Bonchev–Trinajstić information content (AvgIpc) is 3.16. The molecule has 340 valence electrons. The van der Waals surface area contributed by atoms with E-state index in [1.54, 1.807) is 6.08 Å². The molecule has 0 heterocycles. The van der Waals surface area contributed by atoms with Crippen molar-refractivity contribution < 1.29 is 18.9 Å². The number of phosphoric ester groups is 1. The minimum absolute atomic E-state index is 0.0550. The topological polar surface area (TPSA) is 66.8 Å². The second-order valence-corrected chi connectivity index (χ2v) is 19.0. The summed E-state index contributed by atoms with van der Waals surface area (Å²) in [4.78, 5) is 17.6. The predicted molar refractivity (Wildman–Crippen MR) is 267 cm³/mol. The van der Waals surface area contributed by atoms with Crippen molar-refractivity contribution in [1.82, 2.24) is 0 Å². The van der Waals surface area contributed by atoms with Crippen LogP contribution in [0.2, 0.25) is 0 Å². The molecular formula is C55H91O4P. The fourth-order valence-corrected chi connectivity index (χ4v) is 7.02. The molecule has 4 nitrogen and oxygen atoms in total. The third kappa shape index (κ3) is 38.2. The van der Waals surface area contributed by atoms with Gasteiger partial charge in [-0.25, -0.2) is 4.57 Å². The Morgan fingerprint density at radius 3 is 0.717 bits per heavy atom. The minimum Gasteiger partial charge on any atom is -0.303 e. The van der Waals surface area contributed by atoms with E-state index in [0.717, 1.165) is 108 Å². The van der Waals surface area contributed by atoms with Crippen molar-refractivity contribution in [3.05, 3.63) is 128 Å². The molecule has 2 N–H and O–H groups in total. The monoisotopic (exact) mass is 847 g/mol. The molecule has 0 unspecified atom stereocenters. The Morgan fingerprint density at radius 2 is 0.517 bits per heavy atom. The first-order chi connectivity index (χ1) is 28.4. The summed E-state index contributed by atoms with van der Waals surface area (Å²) in [5.74, 6) is 0. The van der Waals surface area contributed by atoms with E-state index in [9.17, 15) is 4.57 Å². The fraction of sp³-hybridized carbons (Fsp3) is 0.600. The summed E-state index contributed by atoms with van der Waals surface area (Å²) in [6.45, 7) is 26.7. The standard InChI is InChI=1S/C55H91O4P/c1-13-45(2)23-14-24-46(3)25-15-26-47(4)29-17-32-50(7)35-20-38-53(10)41-42-54(11)39-21-36-51(8)33-18-30-48(5)27-16-28-49(6)31-19-34-52(9)37-22-40-55(12)43-44-59-60(56,57)58/h13,24,26-27,31-33,37-39,43H,14-23,25,28-30,34-36,40-42,44H2,1-12H3,(H2,56,57,58)/b45-13+,46-24+,47-26+,48-27+,49-31+,50-32+,51-33+,52-37+,53-38+,54-39+,55-43+. The maximum Gasteiger partial charge on any atom is 0.469 e. The number of hydrogen-bond donors (Lipinski definition) is 2. The van der Waals surface area contributed by atoms with Crippen LogP contribution in [0.4, 0.5) is 0 Å². The number of rotatable bonds is 33. The van der Waals surface area contributed by atoms with Crippen molar-refractivity contribution in [2.75, 3.05) is 6.61 Å². The Morgan fingerprint density at radius 1 is 0.333 bits per heavy atom. The lowest BCUT2D eigenvalue weighted by atomic mass is 10.0. The molecule has 0 rings (SSSR count). The van der Waals surface area contributed by atoms with Gasteiger partial charge in [-0.3, -0.25) is 4.52 Å². The maximum atomic E-state index is 10.8. The van der Waals surface area contributed by atoms with Crippen molar-refractivity contribution >= 4 is 7.82 Å². The van der Waals surface area contributed by atoms with E-state index in [0.29, 0.717) is 0 Å². The molecule has 0 spiro atoms. The summed E-state index contributed by atoms with van der Waals surface area (Å²) in [5, 5.41) is 0. The summed E-state index contributed by atoms with van der Waals surface area (Å²) >= 11 is 0. The number of phosphoric acid groups is 1. The van der Waals surface area contributed by atoms with E-state index in [1.807, 2.05) is 6.92 Å². The highest BCUT2D eigenvalue weighted by Gasteiger charge is 2.11. The molecule has 0 fully saturated rings. The second kappa shape index (κ2) is 35.8. The Hall–Kier alpha value is -2.75. The van der Waals surface area contributed by atoms with Gasteiger partial charge in [-0.1, -0.05) is 128 Å². The molecule has 0 aromatic rings. The minimum atomic E-state index is -4.40. The molecule has 0 aliphatic carbocycles. The Kier molecular flexibility index (Phi) is 34.2. The third-order valence-electron chi connectivity index (χ3n) is 11.4. The second-order valence-electron chi connectivity index (χ2n) is 17.8. The molecule has 0 aliphatic rings. The van der Waals surface area contributed by atoms with Crippen LogP contribution in [0, 0.1) is 0 Å². The quantitative estimate of drug-likeness (QED) is 0.0510. The highest BCUT2D eigenvalue weighted by molar-refractivity contribution is 7.46. The zero-order chi connectivity index (χ0) is 45.2. The van der Waals surface area contributed by atoms with Crippen molar-refractivity contribution in [2.45, 2.75) is 212 Å². The van der Waals surface area contributed by atoms with Gasteiger partial charge < -0.3 is 9.79 Å². The smallest absolute Gasteiger partial charge is 0.303 e. The van der Waals surface area contributed by atoms with Gasteiger partial charge in [0.2, 0.25) is 0 Å². The van der Waals surface area contributed by atoms with Gasteiger partial charge in [0.25, 0.3) is 0 Å². The zero-order valence-corrected chi connectivity index (χ0v) is 41.8. The first kappa shape index (κ1) is 57.2. The van der Waals surface area contributed by atoms with Gasteiger partial charge in [-0.2, -0.15) is 0 Å². The summed E-state index contributed by atoms with van der Waals surface area (Å²) in [7, 11) is -4.40. The molecule has 0 aromatic heterocycles. The van der Waals surface area contributed by atoms with E-state index in [2.05, 4.69) is 141 Å². The van der Waals surface area contributed by atoms with Crippen LogP contribution < -0.4 is 0 Å². The highest BCUT2D eigenvalue weighted by Crippen LogP contribution is 2.35. The van der Waals surface area contributed by atoms with Gasteiger partial charge >= 0.3 is 7.82 Å². The molecule has 0 saturated heterocycles. The molecule has 0 radical (unpaired) electrons. The zero-order valence-electron chi connectivity index (χ0n) is 40.9. The van der Waals surface area contributed by atoms with Crippen LogP contribution in [-0.4, -0.2) is 16.4 Å². The Labute approximate surface area is 371 Å². The van der Waals surface area contributed by atoms with Crippen LogP contribution in [-0.2, 0) is 9.09 Å². The van der Waals surface area contributed by atoms with E-state index in [4.69, 9.17) is 9.79 Å². The SMILES string of the molecule is C/C=C(\C)CC/C=C(\C)CC/C=C(\C)CC/C=C(\C)CC/C=C(\C)CC/C(C)=C/CC/C(C)=C/CC/C(C)=C/CC/C(C)=C/CC/C(C)=C/CC/C(C)=C/COP(=O)(O)O. The molecule has 0 saturated carbocycles. The Bertz CT molecular complexity index is 1610. The largest absolute Gasteiger partial charge is 0.469 e. The molecule has 5 heteroatoms. The van der Waals surface area contributed by atoms with E-state index >= 15 is 0 Å². The van der Waals surface area contributed by atoms with Crippen molar-refractivity contribution in [3.63, 3.8) is 0 Å². The lowest BCUT2D eigenvalue weighted by Crippen LogP contribution is -1.89. The van der Waals surface area contributed by atoms with Crippen LogP contribution in [0.3, 0.4) is 0 Å². The van der Waals surface area contributed by atoms with Crippen LogP contribution >= 0.6 is 7.82 Å². The molecule has 0 atom stereocenters. The first-order valence-electron chi connectivity index (χ1n) is 23.3. The summed E-state index contributed by atoms with van der Waals surface area (Å²) in [5.41, 5.74) is 16.0. The van der Waals surface area contributed by atoms with Gasteiger partial charge in [-0.05, 0) is 212 Å². The van der Waals surface area contributed by atoms with Crippen molar-refractivity contribution in [3.8, 4) is 0 Å². The number of hydrogen-bond acceptors (Lipinski definition) is 2. The van der Waals surface area contributed by atoms with Crippen molar-refractivity contribution in [1.29, 1.82) is 0 Å². The summed E-state index contributed by atoms with van der Waals surface area (Å²) < 4.78 is 15.3. The molecule has 0 bridgehead atoms. The Balaban J connectivity index is 4.29. The van der Waals surface area contributed by atoms with Gasteiger partial charge in [0.1, 0.15) is 0 Å². The molecule has 0 amide bonds. The molecular weight excluding hydrogens is 756 g/mol. The van der Waals surface area contributed by atoms with Gasteiger partial charge in [0.05, 0.1) is 6.61 Å². The molecule has 0 aromatic carbocycles. The van der Waals surface area contributed by atoms with Gasteiger partial charge in [0, 0.05) is 0 Å². The summed E-state index contributed by atoms with van der Waals surface area (Å²) in [6.07, 6.45) is 48.0. The predicted octanol–water partition coefficient (Wildman–Crippen LogP) is 18.3. The fourth-order valence-electron chi connectivity index (χ4n) is 6.75. The lowest BCUT2D eigenvalue weighted by Gasteiger charge is -2.05. The normalized spacial score (nSPS) is 15.5. The molecule has 0 aliphatic heterocycles. The van der Waals surface area contributed by atoms with Crippen molar-refractivity contribution in [2.24, 2.45) is 0 Å². The van der Waals surface area contributed by atoms with Crippen LogP contribution in [0.15, 0.2) is 128 Å². The maximum absolute atomic E-state index is 10.8. The number of allylic oxidation sites excluding steroid dienone is 21. The first-order valence-corrected chi connectivity index (χ1v) is 24.8. The van der Waals surface area contributed by atoms with Gasteiger partial charge in [0.15, 0.2) is 0 Å². The van der Waals surface area contributed by atoms with Crippen LogP contribution in [0.1, 0.15) is 212 Å². The van der Waals surface area contributed by atoms with Gasteiger partial charge in [-0.15, -0.1) is 0 Å². The third-order valence-corrected chi connectivity index (χ3v) is 11.8. The van der Waals surface area contributed by atoms with E-state index < -0.39 is 7.82 Å². The highest BCUT2D eigenvalue weighted by atomic mass is 31.2. The van der Waals surface area contributed by atoms with Crippen LogP contribution in [0.25, 0.3) is 0 Å². The lowest BCUT2D eigenvalue weighted by molar-refractivity contribution is 0.215. The van der Waals surface area contributed by atoms with E-state index in [1.165, 1.54) is 81.4 Å². The van der Waals surface area contributed by atoms with E-state index in [-0.39, 0.29) is 6.61 Å². The molecule has 60 heavy (non-hydrogen) atoms. The van der Waals surface area contributed by atoms with Crippen LogP contribution in [0.5, 0.6) is 0 Å². The summed E-state index contributed by atoms with van der Waals surface area (Å²) in [6, 6.07) is 0.